The van der Waals surface area contributed by atoms with Crippen molar-refractivity contribution in [3.05, 3.63) is 23.3 Å². The Hall–Kier alpha value is -1.17. The van der Waals surface area contributed by atoms with Crippen LogP contribution in [-0.2, 0) is 0 Å². The monoisotopic (exact) mass is 197 g/mol. The van der Waals surface area contributed by atoms with Crippen molar-refractivity contribution in [1.29, 1.82) is 0 Å². The number of aromatic nitrogens is 1. The van der Waals surface area contributed by atoms with E-state index in [1.165, 1.54) is 17.5 Å². The molecule has 0 bridgehead atoms. The van der Waals surface area contributed by atoms with Crippen LogP contribution in [0.4, 0.5) is 0 Å². The Labute approximate surface area is 77.7 Å². The molecule has 5 heteroatoms. The Morgan fingerprint density at radius 1 is 1.38 bits per heavy atom. The summed E-state index contributed by atoms with van der Waals surface area (Å²) in [5.41, 5.74) is 0.183. The molecule has 0 aliphatic rings. The quantitative estimate of drug-likeness (QED) is 0.596. The van der Waals surface area contributed by atoms with Gasteiger partial charge in [0.25, 0.3) is 0 Å². The van der Waals surface area contributed by atoms with Crippen LogP contribution in [-0.4, -0.2) is 20.3 Å². The fraction of sp³-hybridized carbons (Fsp3) is 0.125. The molecule has 0 amide bonds. The topological polar surface area (TPSA) is 73.6 Å². The van der Waals surface area contributed by atoms with Crippen LogP contribution in [0.15, 0.2) is 17.6 Å². The Morgan fingerprint density at radius 2 is 2.15 bits per heavy atom. The number of pyridine rings is 1. The molecule has 0 aliphatic heterocycles. The first-order valence-electron chi connectivity index (χ1n) is 3.61. The van der Waals surface area contributed by atoms with Gasteiger partial charge in [0.2, 0.25) is 0 Å². The van der Waals surface area contributed by atoms with E-state index in [0.717, 1.165) is 0 Å². The molecule has 0 spiro atoms. The zero-order valence-electron chi connectivity index (χ0n) is 6.51. The SMILES string of the molecule is Oc1cnc(C(O)O)c2sccc12. The van der Waals surface area contributed by atoms with E-state index in [9.17, 15) is 5.11 Å². The molecule has 2 rings (SSSR count). The molecule has 0 aliphatic carbocycles. The van der Waals surface area contributed by atoms with E-state index in [2.05, 4.69) is 4.98 Å². The number of aliphatic hydroxyl groups excluding tert-OH is 1. The molecule has 0 saturated carbocycles. The van der Waals surface area contributed by atoms with Crippen molar-refractivity contribution in [2.45, 2.75) is 6.29 Å². The summed E-state index contributed by atoms with van der Waals surface area (Å²) in [6, 6.07) is 1.71. The standard InChI is InChI=1S/C8H7NO3S/c10-5-3-9-6(8(11)12)7-4(5)1-2-13-7/h1-3,8,10-12H. The smallest absolute Gasteiger partial charge is 0.197 e. The first-order valence-corrected chi connectivity index (χ1v) is 4.49. The summed E-state index contributed by atoms with van der Waals surface area (Å²) < 4.78 is 0.606. The van der Waals surface area contributed by atoms with Crippen LogP contribution in [0, 0.1) is 0 Å². The molecule has 0 fully saturated rings. The van der Waals surface area contributed by atoms with E-state index >= 15 is 0 Å². The lowest BCUT2D eigenvalue weighted by Gasteiger charge is -2.04. The molecular formula is C8H7NO3S. The maximum Gasteiger partial charge on any atom is 0.197 e. The Kier molecular flexibility index (Phi) is 1.91. The van der Waals surface area contributed by atoms with Crippen molar-refractivity contribution in [3.63, 3.8) is 0 Å². The molecule has 2 aromatic heterocycles. The summed E-state index contributed by atoms with van der Waals surface area (Å²) in [5, 5.41) is 29.6. The van der Waals surface area contributed by atoms with Crippen LogP contribution in [0.5, 0.6) is 5.75 Å². The molecule has 13 heavy (non-hydrogen) atoms. The zero-order valence-corrected chi connectivity index (χ0v) is 7.32. The Balaban J connectivity index is 2.78. The highest BCUT2D eigenvalue weighted by Gasteiger charge is 2.12. The predicted molar refractivity (Wildman–Crippen MR) is 48.5 cm³/mol. The minimum Gasteiger partial charge on any atom is -0.506 e. The summed E-state index contributed by atoms with van der Waals surface area (Å²) in [4.78, 5) is 3.74. The van der Waals surface area contributed by atoms with Crippen LogP contribution >= 0.6 is 11.3 Å². The van der Waals surface area contributed by atoms with Gasteiger partial charge in [-0.15, -0.1) is 11.3 Å². The average molecular weight is 197 g/mol. The molecular weight excluding hydrogens is 190 g/mol. The predicted octanol–water partition coefficient (Wildman–Crippen LogP) is 0.985. The van der Waals surface area contributed by atoms with Crippen molar-refractivity contribution in [1.82, 2.24) is 4.98 Å². The number of nitrogens with zero attached hydrogens (tertiary/aromatic N) is 1. The second-order valence-corrected chi connectivity index (χ2v) is 3.48. The Bertz CT molecular complexity index is 438. The number of aromatic hydroxyl groups is 1. The number of aliphatic hydroxyl groups is 2. The molecule has 0 atom stereocenters. The third kappa shape index (κ3) is 1.27. The summed E-state index contributed by atoms with van der Waals surface area (Å²) in [6.45, 7) is 0. The zero-order chi connectivity index (χ0) is 9.42. The molecule has 4 nitrogen and oxygen atoms in total. The maximum atomic E-state index is 9.35. The highest BCUT2D eigenvalue weighted by Crippen LogP contribution is 2.32. The summed E-state index contributed by atoms with van der Waals surface area (Å²) in [7, 11) is 0. The minimum absolute atomic E-state index is 0.0562. The van der Waals surface area contributed by atoms with E-state index in [1.54, 1.807) is 11.4 Å². The number of thiophene rings is 1. The lowest BCUT2D eigenvalue weighted by atomic mass is 10.2. The Morgan fingerprint density at radius 3 is 2.85 bits per heavy atom. The summed E-state index contributed by atoms with van der Waals surface area (Å²) in [6.07, 6.45) is -0.383. The minimum atomic E-state index is -1.60. The van der Waals surface area contributed by atoms with Gasteiger partial charge in [-0.3, -0.25) is 4.98 Å². The molecule has 0 aromatic carbocycles. The highest BCUT2D eigenvalue weighted by atomic mass is 32.1. The van der Waals surface area contributed by atoms with Gasteiger partial charge >= 0.3 is 0 Å². The van der Waals surface area contributed by atoms with Gasteiger partial charge in [0.1, 0.15) is 11.4 Å². The van der Waals surface area contributed by atoms with Gasteiger partial charge in [-0.25, -0.2) is 0 Å². The molecule has 0 unspecified atom stereocenters. The van der Waals surface area contributed by atoms with Gasteiger partial charge in [0.15, 0.2) is 6.29 Å². The molecule has 2 heterocycles. The molecule has 3 N–H and O–H groups in total. The molecule has 0 radical (unpaired) electrons. The third-order valence-corrected chi connectivity index (χ3v) is 2.68. The van der Waals surface area contributed by atoms with Gasteiger partial charge in [-0.2, -0.15) is 0 Å². The normalized spacial score (nSPS) is 11.3. The largest absolute Gasteiger partial charge is 0.506 e. The number of hydrogen-bond donors (Lipinski definition) is 3. The van der Waals surface area contributed by atoms with E-state index in [1.807, 2.05) is 0 Å². The number of rotatable bonds is 1. The molecule has 0 saturated heterocycles. The van der Waals surface area contributed by atoms with Crippen molar-refractivity contribution < 1.29 is 15.3 Å². The van der Waals surface area contributed by atoms with Crippen LogP contribution in [0.1, 0.15) is 12.0 Å². The number of hydrogen-bond acceptors (Lipinski definition) is 5. The fourth-order valence-corrected chi connectivity index (χ4v) is 2.07. The lowest BCUT2D eigenvalue weighted by Crippen LogP contribution is -1.97. The van der Waals surface area contributed by atoms with Crippen LogP contribution in [0.25, 0.3) is 10.1 Å². The van der Waals surface area contributed by atoms with Crippen LogP contribution in [0.3, 0.4) is 0 Å². The lowest BCUT2D eigenvalue weighted by molar-refractivity contribution is -0.0444. The van der Waals surface area contributed by atoms with Crippen molar-refractivity contribution >= 4 is 21.4 Å². The molecule has 68 valence electrons. The summed E-state index contributed by atoms with van der Waals surface area (Å²) in [5.74, 6) is 0.0562. The van der Waals surface area contributed by atoms with Gasteiger partial charge < -0.3 is 15.3 Å². The van der Waals surface area contributed by atoms with Crippen LogP contribution in [0.2, 0.25) is 0 Å². The van der Waals surface area contributed by atoms with Crippen molar-refractivity contribution in [3.8, 4) is 5.75 Å². The highest BCUT2D eigenvalue weighted by molar-refractivity contribution is 7.17. The summed E-state index contributed by atoms with van der Waals surface area (Å²) >= 11 is 1.31. The van der Waals surface area contributed by atoms with Crippen molar-refractivity contribution in [2.75, 3.05) is 0 Å². The first kappa shape index (κ1) is 8.43. The van der Waals surface area contributed by atoms with Gasteiger partial charge in [-0.1, -0.05) is 0 Å². The third-order valence-electron chi connectivity index (χ3n) is 1.74. The van der Waals surface area contributed by atoms with E-state index in [-0.39, 0.29) is 11.4 Å². The van der Waals surface area contributed by atoms with Gasteiger partial charge in [-0.05, 0) is 11.4 Å². The fourth-order valence-electron chi connectivity index (χ4n) is 1.15. The second kappa shape index (κ2) is 2.95. The van der Waals surface area contributed by atoms with Crippen molar-refractivity contribution in [2.24, 2.45) is 0 Å². The van der Waals surface area contributed by atoms with Crippen LogP contribution < -0.4 is 0 Å². The van der Waals surface area contributed by atoms with E-state index < -0.39 is 6.29 Å². The first-order chi connectivity index (χ1) is 6.20. The maximum absolute atomic E-state index is 9.35. The van der Waals surface area contributed by atoms with Gasteiger partial charge in [0.05, 0.1) is 10.9 Å². The molecule has 2 aromatic rings. The average Bonchev–Trinajstić information content (AvgIpc) is 2.53. The van der Waals surface area contributed by atoms with E-state index in [0.29, 0.717) is 10.1 Å². The van der Waals surface area contributed by atoms with Gasteiger partial charge in [0, 0.05) is 5.39 Å². The van der Waals surface area contributed by atoms with E-state index in [4.69, 9.17) is 10.2 Å². The second-order valence-electron chi connectivity index (χ2n) is 2.57. The number of fused-ring (bicyclic) bond motifs is 1.